The molecular weight excluding hydrogens is 454 g/mol. The van der Waals surface area contributed by atoms with Crippen LogP contribution in [0.25, 0.3) is 28.0 Å². The van der Waals surface area contributed by atoms with E-state index in [0.29, 0.717) is 37.0 Å². The standard InChI is InChI=1S/C26H27N9O/c1-33-16-22(15-30-33)35-17-29-23-24(31-26(32-25(23)35)34-10-12-36-13-11-34)28-14-18-2-4-19(5-3-18)20-6-8-21(27)9-7-20/h2-9,15-17H,10-14,27H2,1H3,(H,28,31,32). The molecule has 1 aliphatic heterocycles. The number of hydrogen-bond acceptors (Lipinski definition) is 8. The van der Waals surface area contributed by atoms with Gasteiger partial charge in [0, 0.05) is 38.6 Å². The maximum Gasteiger partial charge on any atom is 0.229 e. The molecule has 0 radical (unpaired) electrons. The number of imidazole rings is 1. The van der Waals surface area contributed by atoms with Crippen molar-refractivity contribution >= 4 is 28.6 Å². The Morgan fingerprint density at radius 2 is 1.69 bits per heavy atom. The Morgan fingerprint density at radius 3 is 2.39 bits per heavy atom. The highest BCUT2D eigenvalue weighted by Gasteiger charge is 2.20. The largest absolute Gasteiger partial charge is 0.399 e. The molecule has 3 N–H and O–H groups in total. The van der Waals surface area contributed by atoms with E-state index in [2.05, 4.69) is 44.6 Å². The molecule has 3 aromatic heterocycles. The predicted octanol–water partition coefficient (Wildman–Crippen LogP) is 3.25. The van der Waals surface area contributed by atoms with Crippen LogP contribution in [0.3, 0.4) is 0 Å². The van der Waals surface area contributed by atoms with Crippen LogP contribution in [0.1, 0.15) is 5.56 Å². The molecule has 10 heteroatoms. The van der Waals surface area contributed by atoms with E-state index in [0.717, 1.165) is 46.8 Å². The monoisotopic (exact) mass is 481 g/mol. The van der Waals surface area contributed by atoms with Gasteiger partial charge in [0.25, 0.3) is 0 Å². The van der Waals surface area contributed by atoms with Gasteiger partial charge < -0.3 is 20.7 Å². The topological polar surface area (TPSA) is 112 Å². The van der Waals surface area contributed by atoms with Gasteiger partial charge in [-0.3, -0.25) is 9.25 Å². The van der Waals surface area contributed by atoms with Crippen molar-refractivity contribution in [2.75, 3.05) is 42.3 Å². The Kier molecular flexibility index (Phi) is 5.70. The third-order valence-corrected chi connectivity index (χ3v) is 6.31. The number of nitrogens with one attached hydrogen (secondary N) is 1. The number of nitrogens with zero attached hydrogens (tertiary/aromatic N) is 7. The normalized spacial score (nSPS) is 13.9. The van der Waals surface area contributed by atoms with Crippen LogP contribution in [0.2, 0.25) is 0 Å². The molecule has 0 bridgehead atoms. The quantitative estimate of drug-likeness (QED) is 0.356. The van der Waals surface area contributed by atoms with Crippen LogP contribution in [0, 0.1) is 0 Å². The van der Waals surface area contributed by atoms with E-state index in [9.17, 15) is 0 Å². The highest BCUT2D eigenvalue weighted by atomic mass is 16.5. The minimum atomic E-state index is 0.608. The highest BCUT2D eigenvalue weighted by molar-refractivity contribution is 5.85. The van der Waals surface area contributed by atoms with Crippen LogP contribution in [-0.2, 0) is 18.3 Å². The van der Waals surface area contributed by atoms with Crippen molar-refractivity contribution in [2.45, 2.75) is 6.54 Å². The van der Waals surface area contributed by atoms with E-state index in [-0.39, 0.29) is 0 Å². The van der Waals surface area contributed by atoms with Crippen molar-refractivity contribution < 1.29 is 4.74 Å². The summed E-state index contributed by atoms with van der Waals surface area (Å²) in [6.45, 7) is 3.42. The third kappa shape index (κ3) is 4.34. The first-order chi connectivity index (χ1) is 17.6. The van der Waals surface area contributed by atoms with Gasteiger partial charge in [0.05, 0.1) is 25.1 Å². The van der Waals surface area contributed by atoms with Crippen LogP contribution in [0.5, 0.6) is 0 Å². The van der Waals surface area contributed by atoms with Crippen molar-refractivity contribution in [1.82, 2.24) is 29.3 Å². The number of rotatable bonds is 6. The molecule has 6 rings (SSSR count). The minimum absolute atomic E-state index is 0.608. The molecule has 1 saturated heterocycles. The second-order valence-electron chi connectivity index (χ2n) is 8.80. The maximum atomic E-state index is 5.82. The first-order valence-electron chi connectivity index (χ1n) is 11.9. The van der Waals surface area contributed by atoms with E-state index in [1.807, 2.05) is 42.1 Å². The number of hydrogen-bond donors (Lipinski definition) is 2. The molecular formula is C26H27N9O. The third-order valence-electron chi connectivity index (χ3n) is 6.31. The predicted molar refractivity (Wildman–Crippen MR) is 140 cm³/mol. The summed E-state index contributed by atoms with van der Waals surface area (Å²) >= 11 is 0. The molecule has 5 aromatic rings. The van der Waals surface area contributed by atoms with Crippen molar-refractivity contribution in [3.05, 3.63) is 72.8 Å². The van der Waals surface area contributed by atoms with Gasteiger partial charge in [-0.15, -0.1) is 0 Å². The van der Waals surface area contributed by atoms with E-state index in [1.165, 1.54) is 0 Å². The molecule has 1 aliphatic rings. The zero-order chi connectivity index (χ0) is 24.5. The summed E-state index contributed by atoms with van der Waals surface area (Å²) in [5, 5.41) is 7.80. The molecule has 0 aliphatic carbocycles. The van der Waals surface area contributed by atoms with Crippen LogP contribution >= 0.6 is 0 Å². The second kappa shape index (κ2) is 9.31. The Morgan fingerprint density at radius 1 is 0.972 bits per heavy atom. The lowest BCUT2D eigenvalue weighted by Crippen LogP contribution is -2.37. The van der Waals surface area contributed by atoms with Crippen molar-refractivity contribution in [3.8, 4) is 16.8 Å². The SMILES string of the molecule is Cn1cc(-n2cnc3c(NCc4ccc(-c5ccc(N)cc5)cc4)nc(N4CCOCC4)nc32)cn1. The molecule has 0 spiro atoms. The van der Waals surface area contributed by atoms with Crippen molar-refractivity contribution in [1.29, 1.82) is 0 Å². The van der Waals surface area contributed by atoms with Gasteiger partial charge in [-0.1, -0.05) is 36.4 Å². The fraction of sp³-hybridized carbons (Fsp3) is 0.231. The zero-order valence-corrected chi connectivity index (χ0v) is 20.0. The van der Waals surface area contributed by atoms with Crippen LogP contribution in [0.15, 0.2) is 67.3 Å². The Hall–Kier alpha value is -4.44. The molecule has 182 valence electrons. The second-order valence-corrected chi connectivity index (χ2v) is 8.80. The van der Waals surface area contributed by atoms with Gasteiger partial charge >= 0.3 is 0 Å². The van der Waals surface area contributed by atoms with Gasteiger partial charge in [0.2, 0.25) is 5.95 Å². The summed E-state index contributed by atoms with van der Waals surface area (Å²) in [7, 11) is 1.89. The summed E-state index contributed by atoms with van der Waals surface area (Å²) in [6, 6.07) is 16.4. The number of fused-ring (bicyclic) bond motifs is 1. The average Bonchev–Trinajstić information content (AvgIpc) is 3.54. The fourth-order valence-electron chi connectivity index (χ4n) is 4.31. The Labute approximate surface area is 208 Å². The molecule has 10 nitrogen and oxygen atoms in total. The number of nitrogens with two attached hydrogens (primary N) is 1. The first kappa shape index (κ1) is 22.1. The van der Waals surface area contributed by atoms with E-state index < -0.39 is 0 Å². The summed E-state index contributed by atoms with van der Waals surface area (Å²) in [5.41, 5.74) is 12.4. The molecule has 4 heterocycles. The van der Waals surface area contributed by atoms with Crippen LogP contribution < -0.4 is 16.0 Å². The Bertz CT molecular complexity index is 1480. The fourth-order valence-corrected chi connectivity index (χ4v) is 4.31. The van der Waals surface area contributed by atoms with Crippen molar-refractivity contribution in [3.63, 3.8) is 0 Å². The number of morpholine rings is 1. The highest BCUT2D eigenvalue weighted by Crippen LogP contribution is 2.26. The van der Waals surface area contributed by atoms with Gasteiger partial charge in [-0.2, -0.15) is 15.1 Å². The lowest BCUT2D eigenvalue weighted by molar-refractivity contribution is 0.122. The smallest absolute Gasteiger partial charge is 0.229 e. The number of ether oxygens (including phenoxy) is 1. The lowest BCUT2D eigenvalue weighted by atomic mass is 10.0. The first-order valence-corrected chi connectivity index (χ1v) is 11.9. The number of aryl methyl sites for hydroxylation is 1. The van der Waals surface area contributed by atoms with Gasteiger partial charge in [0.15, 0.2) is 17.0 Å². The summed E-state index contributed by atoms with van der Waals surface area (Å²) in [4.78, 5) is 16.5. The number of anilines is 3. The summed E-state index contributed by atoms with van der Waals surface area (Å²) in [6.07, 6.45) is 5.51. The van der Waals surface area contributed by atoms with E-state index in [1.54, 1.807) is 17.2 Å². The van der Waals surface area contributed by atoms with Gasteiger partial charge in [0.1, 0.15) is 6.33 Å². The molecule has 0 unspecified atom stereocenters. The molecule has 1 fully saturated rings. The molecule has 0 atom stereocenters. The molecule has 0 amide bonds. The van der Waals surface area contributed by atoms with Gasteiger partial charge in [-0.05, 0) is 28.8 Å². The Balaban J connectivity index is 1.30. The number of nitrogen functional groups attached to an aromatic ring is 1. The van der Waals surface area contributed by atoms with E-state index in [4.69, 9.17) is 20.4 Å². The number of aromatic nitrogens is 6. The van der Waals surface area contributed by atoms with Crippen LogP contribution in [-0.4, -0.2) is 55.6 Å². The number of benzene rings is 2. The average molecular weight is 482 g/mol. The zero-order valence-electron chi connectivity index (χ0n) is 20.0. The molecule has 2 aromatic carbocycles. The van der Waals surface area contributed by atoms with Gasteiger partial charge in [-0.25, -0.2) is 4.98 Å². The lowest BCUT2D eigenvalue weighted by Gasteiger charge is -2.27. The van der Waals surface area contributed by atoms with Crippen molar-refractivity contribution in [2.24, 2.45) is 7.05 Å². The molecule has 0 saturated carbocycles. The van der Waals surface area contributed by atoms with Crippen LogP contribution in [0.4, 0.5) is 17.5 Å². The summed E-state index contributed by atoms with van der Waals surface area (Å²) < 4.78 is 9.23. The van der Waals surface area contributed by atoms with E-state index >= 15 is 0 Å². The maximum absolute atomic E-state index is 5.82. The minimum Gasteiger partial charge on any atom is -0.399 e. The summed E-state index contributed by atoms with van der Waals surface area (Å²) in [5.74, 6) is 1.37. The molecule has 36 heavy (non-hydrogen) atoms.